The molecule has 0 saturated carbocycles. The molecule has 0 unspecified atom stereocenters. The lowest BCUT2D eigenvalue weighted by Gasteiger charge is -2.21. The van der Waals surface area contributed by atoms with Gasteiger partial charge < -0.3 is 20.5 Å². The summed E-state index contributed by atoms with van der Waals surface area (Å²) in [6, 6.07) is 9.34. The van der Waals surface area contributed by atoms with Gasteiger partial charge in [0.2, 0.25) is 5.95 Å². The van der Waals surface area contributed by atoms with Crippen LogP contribution < -0.4 is 15.4 Å². The summed E-state index contributed by atoms with van der Waals surface area (Å²) in [6.45, 7) is 1.62. The Morgan fingerprint density at radius 3 is 2.88 bits per heavy atom. The maximum atomic E-state index is 10.4. The number of anilines is 2. The highest BCUT2D eigenvalue weighted by molar-refractivity contribution is 5.69. The van der Waals surface area contributed by atoms with Crippen LogP contribution in [0.2, 0.25) is 0 Å². The summed E-state index contributed by atoms with van der Waals surface area (Å²) in [4.78, 5) is 14.4. The number of nitrogens with zero attached hydrogens (tertiary/aromatic N) is 4. The Balaban J connectivity index is 1.74. The monoisotopic (exact) mass is 335 g/mol. The first-order chi connectivity index (χ1) is 12.2. The van der Waals surface area contributed by atoms with Crippen LogP contribution in [-0.2, 0) is 6.54 Å². The van der Waals surface area contributed by atoms with Crippen LogP contribution in [0.3, 0.4) is 0 Å². The Morgan fingerprint density at radius 1 is 1.16 bits per heavy atom. The fourth-order valence-electron chi connectivity index (χ4n) is 2.93. The van der Waals surface area contributed by atoms with Crippen LogP contribution in [0, 0.1) is 0 Å². The molecule has 25 heavy (non-hydrogen) atoms. The van der Waals surface area contributed by atoms with Crippen LogP contribution in [-0.4, -0.2) is 33.2 Å². The average molecular weight is 335 g/mol. The van der Waals surface area contributed by atoms with E-state index in [1.807, 2.05) is 24.3 Å². The smallest absolute Gasteiger partial charge is 0.221 e. The molecular formula is C18H17N5O2. The van der Waals surface area contributed by atoms with E-state index in [-0.39, 0.29) is 11.7 Å². The molecule has 0 aliphatic carbocycles. The van der Waals surface area contributed by atoms with E-state index in [0.717, 1.165) is 22.5 Å². The van der Waals surface area contributed by atoms with E-state index >= 15 is 0 Å². The van der Waals surface area contributed by atoms with Gasteiger partial charge in [-0.15, -0.1) is 0 Å². The number of fused-ring (bicyclic) bond motifs is 1. The zero-order valence-electron chi connectivity index (χ0n) is 13.5. The SMILES string of the molecule is Nc1nccc(N2CCOc3c(O)cc(-c4cccnc4)cc3C2)n1. The van der Waals surface area contributed by atoms with Gasteiger partial charge >= 0.3 is 0 Å². The highest BCUT2D eigenvalue weighted by atomic mass is 16.5. The lowest BCUT2D eigenvalue weighted by atomic mass is 10.0. The van der Waals surface area contributed by atoms with Gasteiger partial charge in [-0.1, -0.05) is 6.07 Å². The lowest BCUT2D eigenvalue weighted by Crippen LogP contribution is -2.26. The molecule has 0 amide bonds. The molecule has 4 rings (SSSR count). The van der Waals surface area contributed by atoms with Crippen LogP contribution in [0.5, 0.6) is 11.5 Å². The fraction of sp³-hybridized carbons (Fsp3) is 0.167. The van der Waals surface area contributed by atoms with E-state index in [1.165, 1.54) is 0 Å². The van der Waals surface area contributed by atoms with Crippen molar-refractivity contribution < 1.29 is 9.84 Å². The second kappa shape index (κ2) is 6.27. The molecule has 7 nitrogen and oxygen atoms in total. The van der Waals surface area contributed by atoms with Crippen molar-refractivity contribution in [3.63, 3.8) is 0 Å². The van der Waals surface area contributed by atoms with Crippen molar-refractivity contribution in [2.24, 2.45) is 0 Å². The lowest BCUT2D eigenvalue weighted by molar-refractivity contribution is 0.311. The first kappa shape index (κ1) is 15.2. The Hall–Kier alpha value is -3.35. The second-order valence-corrected chi connectivity index (χ2v) is 5.77. The summed E-state index contributed by atoms with van der Waals surface area (Å²) in [5.74, 6) is 1.60. The minimum atomic E-state index is 0.125. The topological polar surface area (TPSA) is 97.4 Å². The number of phenolic OH excluding ortho intramolecular Hbond substituents is 1. The third-order valence-electron chi connectivity index (χ3n) is 4.09. The van der Waals surface area contributed by atoms with Gasteiger partial charge in [0.1, 0.15) is 12.4 Å². The molecule has 0 bridgehead atoms. The van der Waals surface area contributed by atoms with Crippen LogP contribution in [0.1, 0.15) is 5.56 Å². The van der Waals surface area contributed by atoms with Crippen molar-refractivity contribution in [2.45, 2.75) is 6.54 Å². The predicted octanol–water partition coefficient (Wildman–Crippen LogP) is 2.23. The Bertz CT molecular complexity index is 901. The van der Waals surface area contributed by atoms with Gasteiger partial charge in [-0.2, -0.15) is 4.98 Å². The summed E-state index contributed by atoms with van der Waals surface area (Å²) in [5.41, 5.74) is 8.40. The van der Waals surface area contributed by atoms with Gasteiger partial charge in [-0.05, 0) is 29.8 Å². The zero-order chi connectivity index (χ0) is 17.2. The highest BCUT2D eigenvalue weighted by Crippen LogP contribution is 2.38. The van der Waals surface area contributed by atoms with E-state index < -0.39 is 0 Å². The fourth-order valence-corrected chi connectivity index (χ4v) is 2.93. The molecule has 3 aromatic rings. The molecule has 126 valence electrons. The number of nitrogens with two attached hydrogens (primary N) is 1. The third-order valence-corrected chi connectivity index (χ3v) is 4.09. The summed E-state index contributed by atoms with van der Waals surface area (Å²) in [6.07, 6.45) is 5.12. The molecule has 0 spiro atoms. The number of aromatic nitrogens is 3. The number of benzene rings is 1. The van der Waals surface area contributed by atoms with Gasteiger partial charge in [0.15, 0.2) is 11.5 Å². The number of rotatable bonds is 2. The second-order valence-electron chi connectivity index (χ2n) is 5.77. The maximum Gasteiger partial charge on any atom is 0.221 e. The number of nitrogen functional groups attached to an aromatic ring is 1. The Kier molecular flexibility index (Phi) is 3.81. The highest BCUT2D eigenvalue weighted by Gasteiger charge is 2.21. The van der Waals surface area contributed by atoms with Crippen molar-refractivity contribution in [2.75, 3.05) is 23.8 Å². The van der Waals surface area contributed by atoms with Crippen molar-refractivity contribution in [3.8, 4) is 22.6 Å². The molecule has 1 aliphatic heterocycles. The summed E-state index contributed by atoms with van der Waals surface area (Å²) in [7, 11) is 0. The van der Waals surface area contributed by atoms with Crippen LogP contribution in [0.15, 0.2) is 48.9 Å². The molecule has 1 aliphatic rings. The summed E-state index contributed by atoms with van der Waals surface area (Å²) >= 11 is 0. The molecule has 7 heteroatoms. The molecule has 0 atom stereocenters. The quantitative estimate of drug-likeness (QED) is 0.741. The minimum absolute atomic E-state index is 0.125. The largest absolute Gasteiger partial charge is 0.504 e. The van der Waals surface area contributed by atoms with Crippen molar-refractivity contribution in [1.29, 1.82) is 0 Å². The molecule has 0 radical (unpaired) electrons. The number of hydrogen-bond acceptors (Lipinski definition) is 7. The molecule has 2 aromatic heterocycles. The number of aromatic hydroxyl groups is 1. The van der Waals surface area contributed by atoms with Crippen molar-refractivity contribution in [3.05, 3.63) is 54.5 Å². The summed E-state index contributed by atoms with van der Waals surface area (Å²) in [5, 5.41) is 10.4. The number of hydrogen-bond donors (Lipinski definition) is 2. The van der Waals surface area contributed by atoms with Gasteiger partial charge in [-0.25, -0.2) is 4.98 Å². The average Bonchev–Trinajstić information content (AvgIpc) is 2.85. The number of ether oxygens (including phenoxy) is 1. The van der Waals surface area contributed by atoms with Gasteiger partial charge in [0.05, 0.1) is 6.54 Å². The molecule has 3 N–H and O–H groups in total. The van der Waals surface area contributed by atoms with E-state index in [9.17, 15) is 5.11 Å². The Morgan fingerprint density at radius 2 is 2.08 bits per heavy atom. The Labute approximate surface area is 144 Å². The normalized spacial score (nSPS) is 13.7. The van der Waals surface area contributed by atoms with Gasteiger partial charge in [-0.3, -0.25) is 4.98 Å². The minimum Gasteiger partial charge on any atom is -0.504 e. The van der Waals surface area contributed by atoms with Crippen molar-refractivity contribution >= 4 is 11.8 Å². The molecule has 3 heterocycles. The molecule has 1 aromatic carbocycles. The van der Waals surface area contributed by atoms with Crippen LogP contribution >= 0.6 is 0 Å². The van der Waals surface area contributed by atoms with Gasteiger partial charge in [0.25, 0.3) is 0 Å². The summed E-state index contributed by atoms with van der Waals surface area (Å²) < 4.78 is 5.77. The molecular weight excluding hydrogens is 318 g/mol. The van der Waals surface area contributed by atoms with Gasteiger partial charge in [0, 0.05) is 36.3 Å². The third kappa shape index (κ3) is 3.03. The first-order valence-electron chi connectivity index (χ1n) is 7.93. The molecule has 0 fully saturated rings. The van der Waals surface area contributed by atoms with E-state index in [0.29, 0.717) is 25.4 Å². The van der Waals surface area contributed by atoms with E-state index in [2.05, 4.69) is 19.9 Å². The first-order valence-corrected chi connectivity index (χ1v) is 7.93. The molecule has 0 saturated heterocycles. The van der Waals surface area contributed by atoms with Crippen LogP contribution in [0.25, 0.3) is 11.1 Å². The maximum absolute atomic E-state index is 10.4. The van der Waals surface area contributed by atoms with Crippen molar-refractivity contribution in [1.82, 2.24) is 15.0 Å². The zero-order valence-corrected chi connectivity index (χ0v) is 13.5. The number of pyridine rings is 1. The van der Waals surface area contributed by atoms with E-state index in [1.54, 1.807) is 24.7 Å². The van der Waals surface area contributed by atoms with E-state index in [4.69, 9.17) is 10.5 Å². The predicted molar refractivity (Wildman–Crippen MR) is 94.3 cm³/mol. The standard InChI is InChI=1S/C18H17N5O2/c19-18-21-5-3-16(22-18)23-6-7-25-17-14(11-23)8-13(9-15(17)24)12-2-1-4-20-10-12/h1-5,8-10,24H,6-7,11H2,(H2,19,21,22). The number of phenols is 1. The van der Waals surface area contributed by atoms with Crippen LogP contribution in [0.4, 0.5) is 11.8 Å².